The molecule has 0 unspecified atom stereocenters. The Morgan fingerprint density at radius 1 is 1.24 bits per heavy atom. The van der Waals surface area contributed by atoms with Crippen molar-refractivity contribution >= 4 is 15.9 Å². The number of rotatable bonds is 6. The average Bonchev–Trinajstić information content (AvgIpc) is 2.49. The van der Waals surface area contributed by atoms with Gasteiger partial charge >= 0.3 is 10.2 Å². The molecule has 0 amide bonds. The second-order valence-electron chi connectivity index (χ2n) is 5.63. The van der Waals surface area contributed by atoms with E-state index in [0.717, 1.165) is 25.7 Å². The Morgan fingerprint density at radius 3 is 2.38 bits per heavy atom. The number of piperidine rings is 1. The number of nitrogens with one attached hydrogen (secondary N) is 1. The maximum Gasteiger partial charge on any atom is 0.301 e. The maximum absolute atomic E-state index is 12.3. The SMILES string of the molecule is CCCc1ccc(NS(=O)(=O)N2CCC(CN)CC2)cc1. The lowest BCUT2D eigenvalue weighted by molar-refractivity contribution is 0.280. The van der Waals surface area contributed by atoms with E-state index in [4.69, 9.17) is 5.73 Å². The summed E-state index contributed by atoms with van der Waals surface area (Å²) in [5, 5.41) is 0. The fourth-order valence-corrected chi connectivity index (χ4v) is 3.88. The van der Waals surface area contributed by atoms with Gasteiger partial charge in [-0.1, -0.05) is 25.5 Å². The van der Waals surface area contributed by atoms with Gasteiger partial charge in [-0.05, 0) is 49.4 Å². The summed E-state index contributed by atoms with van der Waals surface area (Å²) in [6.07, 6.45) is 3.78. The standard InChI is InChI=1S/C15H25N3O2S/c1-2-3-13-4-6-15(7-5-13)17-21(19,20)18-10-8-14(12-16)9-11-18/h4-7,14,17H,2-3,8-12,16H2,1H3. The van der Waals surface area contributed by atoms with Crippen LogP contribution < -0.4 is 10.5 Å². The Morgan fingerprint density at radius 2 is 1.86 bits per heavy atom. The van der Waals surface area contributed by atoms with Crippen LogP contribution in [0.4, 0.5) is 5.69 Å². The first-order valence-corrected chi connectivity index (χ1v) is 9.06. The normalized spacial score (nSPS) is 17.8. The van der Waals surface area contributed by atoms with Gasteiger partial charge in [-0.25, -0.2) is 0 Å². The quantitative estimate of drug-likeness (QED) is 0.843. The van der Waals surface area contributed by atoms with Gasteiger partial charge in [0.1, 0.15) is 0 Å². The van der Waals surface area contributed by atoms with Crippen molar-refractivity contribution in [3.05, 3.63) is 29.8 Å². The molecule has 21 heavy (non-hydrogen) atoms. The second-order valence-corrected chi connectivity index (χ2v) is 7.30. The average molecular weight is 311 g/mol. The van der Waals surface area contributed by atoms with Crippen molar-refractivity contribution in [2.75, 3.05) is 24.4 Å². The Hall–Kier alpha value is -1.11. The van der Waals surface area contributed by atoms with Crippen LogP contribution in [-0.4, -0.2) is 32.4 Å². The van der Waals surface area contributed by atoms with Crippen molar-refractivity contribution in [3.63, 3.8) is 0 Å². The first-order valence-electron chi connectivity index (χ1n) is 7.62. The summed E-state index contributed by atoms with van der Waals surface area (Å²) in [6, 6.07) is 7.61. The van der Waals surface area contributed by atoms with Gasteiger partial charge in [0.25, 0.3) is 0 Å². The molecular formula is C15H25N3O2S. The van der Waals surface area contributed by atoms with E-state index in [0.29, 0.717) is 31.2 Å². The third kappa shape index (κ3) is 4.43. The molecule has 5 nitrogen and oxygen atoms in total. The monoisotopic (exact) mass is 311 g/mol. The number of aryl methyl sites for hydroxylation is 1. The molecule has 118 valence electrons. The Kier molecular flexibility index (Phi) is 5.61. The number of hydrogen-bond acceptors (Lipinski definition) is 3. The van der Waals surface area contributed by atoms with Crippen LogP contribution in [0.15, 0.2) is 24.3 Å². The van der Waals surface area contributed by atoms with Crippen molar-refractivity contribution in [2.45, 2.75) is 32.6 Å². The zero-order valence-corrected chi connectivity index (χ0v) is 13.4. The van der Waals surface area contributed by atoms with Crippen molar-refractivity contribution in [2.24, 2.45) is 11.7 Å². The molecule has 1 aromatic carbocycles. The van der Waals surface area contributed by atoms with Gasteiger partial charge in [-0.15, -0.1) is 0 Å². The zero-order valence-electron chi connectivity index (χ0n) is 12.6. The van der Waals surface area contributed by atoms with Crippen molar-refractivity contribution in [3.8, 4) is 0 Å². The van der Waals surface area contributed by atoms with Gasteiger partial charge in [-0.3, -0.25) is 4.72 Å². The van der Waals surface area contributed by atoms with Gasteiger partial charge in [0.15, 0.2) is 0 Å². The number of nitrogens with two attached hydrogens (primary N) is 1. The topological polar surface area (TPSA) is 75.4 Å². The summed E-state index contributed by atoms with van der Waals surface area (Å²) in [6.45, 7) is 3.86. The molecule has 6 heteroatoms. The van der Waals surface area contributed by atoms with E-state index in [9.17, 15) is 8.42 Å². The summed E-state index contributed by atoms with van der Waals surface area (Å²) < 4.78 is 28.9. The summed E-state index contributed by atoms with van der Waals surface area (Å²) in [5.41, 5.74) is 7.48. The minimum Gasteiger partial charge on any atom is -0.330 e. The van der Waals surface area contributed by atoms with E-state index in [1.54, 1.807) is 0 Å². The molecule has 0 bridgehead atoms. The molecule has 1 saturated heterocycles. The highest BCUT2D eigenvalue weighted by Crippen LogP contribution is 2.20. The van der Waals surface area contributed by atoms with Gasteiger partial charge in [0.05, 0.1) is 0 Å². The van der Waals surface area contributed by atoms with Crippen molar-refractivity contribution < 1.29 is 8.42 Å². The van der Waals surface area contributed by atoms with Crippen LogP contribution in [0.1, 0.15) is 31.7 Å². The second kappa shape index (κ2) is 7.24. The summed E-state index contributed by atoms with van der Waals surface area (Å²) >= 11 is 0. The van der Waals surface area contributed by atoms with Crippen LogP contribution in [0.2, 0.25) is 0 Å². The number of benzene rings is 1. The fourth-order valence-electron chi connectivity index (χ4n) is 2.63. The third-order valence-electron chi connectivity index (χ3n) is 3.99. The summed E-state index contributed by atoms with van der Waals surface area (Å²) in [4.78, 5) is 0. The Balaban J connectivity index is 1.97. The molecular weight excluding hydrogens is 286 g/mol. The number of hydrogen-bond donors (Lipinski definition) is 2. The van der Waals surface area contributed by atoms with E-state index in [1.165, 1.54) is 9.87 Å². The van der Waals surface area contributed by atoms with Gasteiger partial charge in [-0.2, -0.15) is 12.7 Å². The molecule has 3 N–H and O–H groups in total. The molecule has 1 aromatic rings. The Labute approximate surface area is 127 Å². The van der Waals surface area contributed by atoms with Crippen LogP contribution in [0, 0.1) is 5.92 Å². The zero-order chi connectivity index (χ0) is 15.3. The van der Waals surface area contributed by atoms with E-state index >= 15 is 0 Å². The Bertz CT molecular complexity index is 535. The van der Waals surface area contributed by atoms with Crippen LogP contribution in [0.25, 0.3) is 0 Å². The number of anilines is 1. The van der Waals surface area contributed by atoms with Crippen LogP contribution in [-0.2, 0) is 16.6 Å². The maximum atomic E-state index is 12.3. The highest BCUT2D eigenvalue weighted by atomic mass is 32.2. The molecule has 0 aromatic heterocycles. The lowest BCUT2D eigenvalue weighted by Crippen LogP contribution is -2.42. The molecule has 0 aliphatic carbocycles. The molecule has 0 saturated carbocycles. The third-order valence-corrected chi connectivity index (χ3v) is 5.52. The molecule has 2 rings (SSSR count). The van der Waals surface area contributed by atoms with Crippen molar-refractivity contribution in [1.82, 2.24) is 4.31 Å². The van der Waals surface area contributed by atoms with E-state index < -0.39 is 10.2 Å². The van der Waals surface area contributed by atoms with E-state index in [1.807, 2.05) is 24.3 Å². The smallest absolute Gasteiger partial charge is 0.301 e. The highest BCUT2D eigenvalue weighted by molar-refractivity contribution is 7.90. The molecule has 0 atom stereocenters. The molecule has 1 heterocycles. The van der Waals surface area contributed by atoms with Gasteiger partial charge in [0, 0.05) is 18.8 Å². The molecule has 0 spiro atoms. The molecule has 1 fully saturated rings. The molecule has 1 aliphatic heterocycles. The largest absolute Gasteiger partial charge is 0.330 e. The van der Waals surface area contributed by atoms with Gasteiger partial charge in [0.2, 0.25) is 0 Å². The van der Waals surface area contributed by atoms with Crippen molar-refractivity contribution in [1.29, 1.82) is 0 Å². The first kappa shape index (κ1) is 16.3. The summed E-state index contributed by atoms with van der Waals surface area (Å²) in [7, 11) is -3.45. The first-order chi connectivity index (χ1) is 10.0. The predicted octanol–water partition coefficient (Wildman–Crippen LogP) is 1.97. The lowest BCUT2D eigenvalue weighted by atomic mass is 9.99. The fraction of sp³-hybridized carbons (Fsp3) is 0.600. The highest BCUT2D eigenvalue weighted by Gasteiger charge is 2.27. The minimum atomic E-state index is -3.45. The lowest BCUT2D eigenvalue weighted by Gasteiger charge is -2.30. The predicted molar refractivity (Wildman–Crippen MR) is 86.3 cm³/mol. The van der Waals surface area contributed by atoms with Gasteiger partial charge < -0.3 is 5.73 Å². The summed E-state index contributed by atoms with van der Waals surface area (Å²) in [5.74, 6) is 0.449. The van der Waals surface area contributed by atoms with Crippen LogP contribution in [0.5, 0.6) is 0 Å². The number of nitrogens with zero attached hydrogens (tertiary/aromatic N) is 1. The minimum absolute atomic E-state index is 0.449. The molecule has 0 radical (unpaired) electrons. The van der Waals surface area contributed by atoms with Crippen LogP contribution in [0.3, 0.4) is 0 Å². The van der Waals surface area contributed by atoms with Crippen LogP contribution >= 0.6 is 0 Å². The van der Waals surface area contributed by atoms with E-state index in [-0.39, 0.29) is 0 Å². The van der Waals surface area contributed by atoms with E-state index in [2.05, 4.69) is 11.6 Å². The molecule has 1 aliphatic rings.